The summed E-state index contributed by atoms with van der Waals surface area (Å²) < 4.78 is 31.6. The minimum atomic E-state index is -0.347. The van der Waals surface area contributed by atoms with Crippen LogP contribution in [0.3, 0.4) is 0 Å². The Balaban J connectivity index is 2.04. The lowest BCUT2D eigenvalue weighted by molar-refractivity contribution is 0.299. The highest BCUT2D eigenvalue weighted by molar-refractivity contribution is 5.26. The van der Waals surface area contributed by atoms with Gasteiger partial charge in [-0.3, -0.25) is 0 Å². The van der Waals surface area contributed by atoms with Crippen molar-refractivity contribution in [2.45, 2.75) is 13.2 Å². The Kier molecular flexibility index (Phi) is 3.89. The van der Waals surface area contributed by atoms with Crippen LogP contribution < -0.4 is 10.5 Å². The van der Waals surface area contributed by atoms with Crippen LogP contribution in [-0.2, 0) is 13.2 Å². The minimum absolute atomic E-state index is 0.0995. The highest BCUT2D eigenvalue weighted by Crippen LogP contribution is 2.16. The Morgan fingerprint density at radius 3 is 2.33 bits per heavy atom. The van der Waals surface area contributed by atoms with E-state index in [2.05, 4.69) is 0 Å². The zero-order valence-corrected chi connectivity index (χ0v) is 9.70. The number of benzene rings is 2. The molecule has 0 unspecified atom stereocenters. The zero-order valence-electron chi connectivity index (χ0n) is 9.70. The molecule has 0 aliphatic carbocycles. The second-order valence-corrected chi connectivity index (χ2v) is 3.87. The Bertz CT molecular complexity index is 526. The van der Waals surface area contributed by atoms with Crippen LogP contribution in [0.2, 0.25) is 0 Å². The molecular weight excluding hydrogens is 236 g/mol. The lowest BCUT2D eigenvalue weighted by Crippen LogP contribution is -2.02. The molecule has 0 aliphatic rings. The average molecular weight is 249 g/mol. The first-order valence-corrected chi connectivity index (χ1v) is 5.55. The van der Waals surface area contributed by atoms with Crippen molar-refractivity contribution in [3.63, 3.8) is 0 Å². The summed E-state index contributed by atoms with van der Waals surface area (Å²) in [5, 5.41) is 0. The molecule has 0 aliphatic heterocycles. The summed E-state index contributed by atoms with van der Waals surface area (Å²) in [6.45, 7) is 0.401. The Labute approximate surface area is 104 Å². The van der Waals surface area contributed by atoms with Crippen molar-refractivity contribution in [1.29, 1.82) is 0 Å². The number of ether oxygens (including phenoxy) is 1. The molecule has 2 N–H and O–H groups in total. The monoisotopic (exact) mass is 249 g/mol. The maximum atomic E-state index is 13.6. The van der Waals surface area contributed by atoms with Gasteiger partial charge in [0.2, 0.25) is 0 Å². The maximum absolute atomic E-state index is 13.6. The molecule has 0 saturated carbocycles. The van der Waals surface area contributed by atoms with E-state index in [1.54, 1.807) is 12.1 Å². The van der Waals surface area contributed by atoms with Crippen molar-refractivity contribution < 1.29 is 13.5 Å². The number of nitrogens with two attached hydrogens (primary N) is 1. The summed E-state index contributed by atoms with van der Waals surface area (Å²) in [4.78, 5) is 0. The standard InChI is InChI=1S/C14H13F2NO/c15-12-3-5-13(6-4-12)18-9-11-2-1-10(8-17)7-14(11)16/h1-7H,8-9,17H2. The first kappa shape index (κ1) is 12.5. The molecule has 0 spiro atoms. The number of hydrogen-bond acceptors (Lipinski definition) is 2. The van der Waals surface area contributed by atoms with Crippen molar-refractivity contribution in [2.75, 3.05) is 0 Å². The van der Waals surface area contributed by atoms with Crippen molar-refractivity contribution >= 4 is 0 Å². The van der Waals surface area contributed by atoms with Crippen LogP contribution in [0.1, 0.15) is 11.1 Å². The molecule has 2 aromatic carbocycles. The van der Waals surface area contributed by atoms with Gasteiger partial charge >= 0.3 is 0 Å². The molecule has 18 heavy (non-hydrogen) atoms. The van der Waals surface area contributed by atoms with Crippen LogP contribution in [-0.4, -0.2) is 0 Å². The smallest absolute Gasteiger partial charge is 0.130 e. The highest BCUT2D eigenvalue weighted by atomic mass is 19.1. The molecule has 2 aromatic rings. The van der Waals surface area contributed by atoms with Crippen molar-refractivity contribution in [1.82, 2.24) is 0 Å². The predicted molar refractivity (Wildman–Crippen MR) is 65.0 cm³/mol. The van der Waals surface area contributed by atoms with Gasteiger partial charge in [0.15, 0.2) is 0 Å². The largest absolute Gasteiger partial charge is 0.489 e. The molecule has 0 bridgehead atoms. The number of hydrogen-bond donors (Lipinski definition) is 1. The Morgan fingerprint density at radius 2 is 1.72 bits per heavy atom. The first-order chi connectivity index (χ1) is 8.69. The van der Waals surface area contributed by atoms with E-state index in [9.17, 15) is 8.78 Å². The molecule has 4 heteroatoms. The predicted octanol–water partition coefficient (Wildman–Crippen LogP) is 3.00. The third-order valence-electron chi connectivity index (χ3n) is 2.56. The average Bonchev–Trinajstić information content (AvgIpc) is 2.39. The first-order valence-electron chi connectivity index (χ1n) is 5.55. The fourth-order valence-corrected chi connectivity index (χ4v) is 1.53. The number of halogens is 2. The van der Waals surface area contributed by atoms with Crippen LogP contribution in [0, 0.1) is 11.6 Å². The summed E-state index contributed by atoms with van der Waals surface area (Å²) in [7, 11) is 0. The van der Waals surface area contributed by atoms with Crippen LogP contribution in [0.5, 0.6) is 5.75 Å². The summed E-state index contributed by atoms with van der Waals surface area (Å²) in [6.07, 6.45) is 0. The normalized spacial score (nSPS) is 10.4. The van der Waals surface area contributed by atoms with E-state index in [0.717, 1.165) is 5.56 Å². The molecule has 2 rings (SSSR count). The van der Waals surface area contributed by atoms with Crippen molar-refractivity contribution in [3.05, 3.63) is 65.2 Å². The molecule has 0 aromatic heterocycles. The summed E-state index contributed by atoms with van der Waals surface area (Å²) in [5.41, 5.74) is 6.59. The summed E-state index contributed by atoms with van der Waals surface area (Å²) >= 11 is 0. The molecule has 0 atom stereocenters. The van der Waals surface area contributed by atoms with Crippen LogP contribution in [0.4, 0.5) is 8.78 Å². The fourth-order valence-electron chi connectivity index (χ4n) is 1.53. The van der Waals surface area contributed by atoms with Gasteiger partial charge in [-0.15, -0.1) is 0 Å². The van der Waals surface area contributed by atoms with E-state index >= 15 is 0 Å². The second-order valence-electron chi connectivity index (χ2n) is 3.87. The van der Waals surface area contributed by atoms with E-state index in [-0.39, 0.29) is 18.2 Å². The summed E-state index contributed by atoms with van der Waals surface area (Å²) in [6, 6.07) is 10.4. The molecular formula is C14H13F2NO. The summed E-state index contributed by atoms with van der Waals surface area (Å²) in [5.74, 6) is -0.181. The third kappa shape index (κ3) is 3.05. The van der Waals surface area contributed by atoms with Crippen LogP contribution >= 0.6 is 0 Å². The van der Waals surface area contributed by atoms with Gasteiger partial charge in [0.25, 0.3) is 0 Å². The van der Waals surface area contributed by atoms with Gasteiger partial charge in [-0.25, -0.2) is 8.78 Å². The van der Waals surface area contributed by atoms with Gasteiger partial charge in [-0.05, 0) is 35.9 Å². The van der Waals surface area contributed by atoms with Gasteiger partial charge in [0.1, 0.15) is 24.0 Å². The van der Waals surface area contributed by atoms with E-state index < -0.39 is 0 Å². The second kappa shape index (κ2) is 5.60. The number of rotatable bonds is 4. The lowest BCUT2D eigenvalue weighted by Gasteiger charge is -2.08. The Hall–Kier alpha value is -1.94. The van der Waals surface area contributed by atoms with E-state index in [1.165, 1.54) is 30.3 Å². The molecule has 94 valence electrons. The van der Waals surface area contributed by atoms with Gasteiger partial charge in [-0.2, -0.15) is 0 Å². The van der Waals surface area contributed by atoms with E-state index in [0.29, 0.717) is 17.9 Å². The minimum Gasteiger partial charge on any atom is -0.489 e. The third-order valence-corrected chi connectivity index (χ3v) is 2.56. The van der Waals surface area contributed by atoms with E-state index in [1.807, 2.05) is 0 Å². The quantitative estimate of drug-likeness (QED) is 0.904. The topological polar surface area (TPSA) is 35.2 Å². The zero-order chi connectivity index (χ0) is 13.0. The van der Waals surface area contributed by atoms with Gasteiger partial charge in [0, 0.05) is 12.1 Å². The van der Waals surface area contributed by atoms with Crippen LogP contribution in [0.25, 0.3) is 0 Å². The molecule has 2 nitrogen and oxygen atoms in total. The lowest BCUT2D eigenvalue weighted by atomic mass is 10.1. The highest BCUT2D eigenvalue weighted by Gasteiger charge is 2.04. The molecule has 0 amide bonds. The van der Waals surface area contributed by atoms with Crippen LogP contribution in [0.15, 0.2) is 42.5 Å². The maximum Gasteiger partial charge on any atom is 0.130 e. The van der Waals surface area contributed by atoms with Gasteiger partial charge in [0.05, 0.1) is 0 Å². The Morgan fingerprint density at radius 1 is 1.00 bits per heavy atom. The van der Waals surface area contributed by atoms with Crippen molar-refractivity contribution in [2.24, 2.45) is 5.73 Å². The van der Waals surface area contributed by atoms with Gasteiger partial charge < -0.3 is 10.5 Å². The molecule has 0 radical (unpaired) electrons. The van der Waals surface area contributed by atoms with Crippen molar-refractivity contribution in [3.8, 4) is 5.75 Å². The molecule has 0 heterocycles. The molecule has 0 saturated heterocycles. The van der Waals surface area contributed by atoms with Gasteiger partial charge in [-0.1, -0.05) is 12.1 Å². The molecule has 0 fully saturated rings. The van der Waals surface area contributed by atoms with E-state index in [4.69, 9.17) is 10.5 Å². The fraction of sp³-hybridized carbons (Fsp3) is 0.143. The SMILES string of the molecule is NCc1ccc(COc2ccc(F)cc2)c(F)c1.